The summed E-state index contributed by atoms with van der Waals surface area (Å²) in [5.41, 5.74) is 8.05. The van der Waals surface area contributed by atoms with Crippen LogP contribution in [-0.2, 0) is 19.6 Å². The average Bonchev–Trinajstić information content (AvgIpc) is 3.25. The molecule has 8 heteroatoms. The highest BCUT2D eigenvalue weighted by Gasteiger charge is 2.54. The molecule has 0 aliphatic heterocycles. The van der Waals surface area contributed by atoms with E-state index in [0.29, 0.717) is 37.4 Å². The number of rotatable bonds is 16. The largest absolute Gasteiger partial charge is 0.366 e. The molecule has 0 spiro atoms. The van der Waals surface area contributed by atoms with E-state index < -0.39 is 0 Å². The Kier molecular flexibility index (Phi) is 11.8. The van der Waals surface area contributed by atoms with Crippen LogP contribution in [-0.4, -0.2) is 26.5 Å². The highest BCUT2D eigenvalue weighted by molar-refractivity contribution is 5.53. The molecule has 0 saturated heterocycles. The highest BCUT2D eigenvalue weighted by atomic mass is 15.2. The van der Waals surface area contributed by atoms with Crippen LogP contribution in [0.3, 0.4) is 0 Å². The minimum Gasteiger partial charge on any atom is -0.366 e. The summed E-state index contributed by atoms with van der Waals surface area (Å²) in [6, 6.07) is 57.4. The van der Waals surface area contributed by atoms with Gasteiger partial charge in [0.05, 0.1) is 11.4 Å². The molecule has 5 aromatic carbocycles. The van der Waals surface area contributed by atoms with Crippen molar-refractivity contribution in [3.8, 4) is 0 Å². The second-order valence-electron chi connectivity index (χ2n) is 15.2. The van der Waals surface area contributed by atoms with Crippen LogP contribution in [0.15, 0.2) is 164 Å². The molecule has 7 aromatic rings. The summed E-state index contributed by atoms with van der Waals surface area (Å²) in [5.74, 6) is 3.48. The Morgan fingerprint density at radius 3 is 1.14 bits per heavy atom. The topological polar surface area (TPSA) is 99.7 Å². The molecule has 2 unspecified atom stereocenters. The first-order valence-corrected chi connectivity index (χ1v) is 20.0. The lowest BCUT2D eigenvalue weighted by atomic mass is 9.50. The summed E-state index contributed by atoms with van der Waals surface area (Å²) >= 11 is 0. The first kappa shape index (κ1) is 37.4. The Morgan fingerprint density at radius 1 is 0.404 bits per heavy atom. The van der Waals surface area contributed by atoms with Crippen LogP contribution in [0.4, 0.5) is 23.5 Å². The summed E-state index contributed by atoms with van der Waals surface area (Å²) in [6.45, 7) is 7.11. The Hall–Kier alpha value is -6.54. The maximum atomic E-state index is 5.33. The van der Waals surface area contributed by atoms with Crippen molar-refractivity contribution >= 4 is 23.5 Å². The predicted octanol–water partition coefficient (Wildman–Crippen LogP) is 10.6. The number of anilines is 4. The third-order valence-electron chi connectivity index (χ3n) is 10.7. The van der Waals surface area contributed by atoms with E-state index in [1.165, 1.54) is 27.8 Å². The Labute approximate surface area is 336 Å². The van der Waals surface area contributed by atoms with Gasteiger partial charge in [-0.15, -0.1) is 0 Å². The molecule has 1 saturated carbocycles. The fraction of sp³-hybridized carbons (Fsp3) is 0.224. The third-order valence-corrected chi connectivity index (χ3v) is 10.7. The van der Waals surface area contributed by atoms with Crippen molar-refractivity contribution in [2.45, 2.75) is 57.2 Å². The summed E-state index contributed by atoms with van der Waals surface area (Å²) in [5, 5.41) is 14.4. The molecular formula is C49H50N8. The van der Waals surface area contributed by atoms with Crippen molar-refractivity contribution in [3.63, 3.8) is 0 Å². The summed E-state index contributed by atoms with van der Waals surface area (Å²) in [6.07, 6.45) is 0. The zero-order chi connectivity index (χ0) is 38.8. The first-order valence-electron chi connectivity index (χ1n) is 20.0. The summed E-state index contributed by atoms with van der Waals surface area (Å²) in [7, 11) is 0. The van der Waals surface area contributed by atoms with E-state index in [0.717, 1.165) is 29.6 Å². The molecule has 4 N–H and O–H groups in total. The van der Waals surface area contributed by atoms with E-state index in [4.69, 9.17) is 19.9 Å². The molecule has 0 bridgehead atoms. The van der Waals surface area contributed by atoms with Crippen molar-refractivity contribution < 1.29 is 0 Å². The van der Waals surface area contributed by atoms with Crippen LogP contribution < -0.4 is 21.3 Å². The number of hydrogen-bond acceptors (Lipinski definition) is 8. The number of nitrogens with zero attached hydrogens (tertiary/aromatic N) is 4. The fourth-order valence-corrected chi connectivity index (χ4v) is 7.93. The van der Waals surface area contributed by atoms with Gasteiger partial charge in [-0.05, 0) is 33.7 Å². The second kappa shape index (κ2) is 17.9. The normalized spacial score (nSPS) is 17.4. The van der Waals surface area contributed by atoms with Crippen molar-refractivity contribution in [1.29, 1.82) is 0 Å². The zero-order valence-electron chi connectivity index (χ0n) is 32.6. The Morgan fingerprint density at radius 2 is 0.754 bits per heavy atom. The molecule has 2 heterocycles. The van der Waals surface area contributed by atoms with Crippen LogP contribution >= 0.6 is 0 Å². The van der Waals surface area contributed by atoms with Gasteiger partial charge >= 0.3 is 0 Å². The molecule has 0 amide bonds. The maximum absolute atomic E-state index is 5.33. The number of nitrogens with one attached hydrogen (secondary N) is 4. The minimum absolute atomic E-state index is 0.0279. The van der Waals surface area contributed by atoms with E-state index in [1.54, 1.807) is 0 Å². The van der Waals surface area contributed by atoms with Crippen LogP contribution in [0.5, 0.6) is 0 Å². The van der Waals surface area contributed by atoms with E-state index in [-0.39, 0.29) is 23.7 Å². The van der Waals surface area contributed by atoms with Crippen LogP contribution in [0.2, 0.25) is 0 Å². The van der Waals surface area contributed by atoms with E-state index in [1.807, 2.05) is 18.2 Å². The molecule has 2 aromatic heterocycles. The number of hydrogen-bond donors (Lipinski definition) is 4. The van der Waals surface area contributed by atoms with Gasteiger partial charge < -0.3 is 21.3 Å². The highest BCUT2D eigenvalue weighted by Crippen LogP contribution is 2.66. The first-order chi connectivity index (χ1) is 28.1. The van der Waals surface area contributed by atoms with Crippen LogP contribution in [0, 0.1) is 5.92 Å². The molecule has 286 valence electrons. The average molecular weight is 751 g/mol. The van der Waals surface area contributed by atoms with Crippen LogP contribution in [0.1, 0.15) is 76.7 Å². The quantitative estimate of drug-likeness (QED) is 0.0775. The van der Waals surface area contributed by atoms with Gasteiger partial charge in [-0.3, -0.25) is 0 Å². The molecule has 1 aliphatic carbocycles. The molecule has 1 fully saturated rings. The number of benzene rings is 5. The lowest BCUT2D eigenvalue weighted by molar-refractivity contribution is 0.220. The minimum atomic E-state index is 0.0279. The SMILES string of the molecule is CC(C)CNc1nc(NCc2ccccc2)cc(C2C(c3ccccc3)C(c3cc(NCc4ccccc4)nc(NCc4ccccc4)n3)C2c2ccccc2)n1. The van der Waals surface area contributed by atoms with E-state index >= 15 is 0 Å². The monoisotopic (exact) mass is 750 g/mol. The lowest BCUT2D eigenvalue weighted by Crippen LogP contribution is -2.41. The fourth-order valence-electron chi connectivity index (χ4n) is 7.93. The van der Waals surface area contributed by atoms with E-state index in [9.17, 15) is 0 Å². The number of aromatic nitrogens is 4. The van der Waals surface area contributed by atoms with Crippen molar-refractivity contribution in [1.82, 2.24) is 19.9 Å². The van der Waals surface area contributed by atoms with Gasteiger partial charge in [0.1, 0.15) is 11.6 Å². The molecule has 8 nitrogen and oxygen atoms in total. The molecule has 8 rings (SSSR count). The van der Waals surface area contributed by atoms with Gasteiger partial charge in [-0.2, -0.15) is 9.97 Å². The molecule has 57 heavy (non-hydrogen) atoms. The second-order valence-corrected chi connectivity index (χ2v) is 15.2. The summed E-state index contributed by atoms with van der Waals surface area (Å²) < 4.78 is 0. The van der Waals surface area contributed by atoms with Gasteiger partial charge in [-0.1, -0.05) is 166 Å². The third kappa shape index (κ3) is 9.30. The smallest absolute Gasteiger partial charge is 0.225 e. The van der Waals surface area contributed by atoms with Crippen LogP contribution in [0.25, 0.3) is 0 Å². The lowest BCUT2D eigenvalue weighted by Gasteiger charge is -2.52. The molecule has 0 radical (unpaired) electrons. The predicted molar refractivity (Wildman–Crippen MR) is 233 cm³/mol. The molecular weight excluding hydrogens is 701 g/mol. The molecule has 1 aliphatic rings. The Balaban J connectivity index is 1.22. The summed E-state index contributed by atoms with van der Waals surface area (Å²) in [4.78, 5) is 20.6. The van der Waals surface area contributed by atoms with Gasteiger partial charge in [-0.25, -0.2) is 9.97 Å². The van der Waals surface area contributed by atoms with Gasteiger partial charge in [0.2, 0.25) is 11.9 Å². The van der Waals surface area contributed by atoms with Crippen molar-refractivity contribution in [3.05, 3.63) is 203 Å². The van der Waals surface area contributed by atoms with Gasteiger partial charge in [0.25, 0.3) is 0 Å². The van der Waals surface area contributed by atoms with Crippen molar-refractivity contribution in [2.75, 3.05) is 27.8 Å². The molecule has 2 atom stereocenters. The Bertz CT molecular complexity index is 2200. The maximum Gasteiger partial charge on any atom is 0.225 e. The van der Waals surface area contributed by atoms with Gasteiger partial charge in [0, 0.05) is 62.0 Å². The van der Waals surface area contributed by atoms with Crippen molar-refractivity contribution in [2.24, 2.45) is 5.92 Å². The van der Waals surface area contributed by atoms with Gasteiger partial charge in [0.15, 0.2) is 0 Å². The zero-order valence-corrected chi connectivity index (χ0v) is 32.6. The van der Waals surface area contributed by atoms with E-state index in [2.05, 4.69) is 181 Å². The standard InChI is InChI=1S/C49H50N8/c1-34(2)30-52-48-54-40(28-42(56-48)50-31-35-18-8-3-9-19-35)46-44(38-24-14-6-15-25-38)47(45(46)39-26-16-7-17-27-39)41-29-43(51-32-36-20-10-4-11-21-36)57-49(55-41)53-33-37-22-12-5-13-23-37/h3-29,34,44-47H,30-33H2,1-2H3,(H2,50,52,54,56)(H2,51,53,55,57).